The van der Waals surface area contributed by atoms with Crippen molar-refractivity contribution in [2.24, 2.45) is 0 Å². The highest BCUT2D eigenvalue weighted by Crippen LogP contribution is 2.36. The number of ether oxygens (including phenoxy) is 7. The number of aliphatic hydroxyl groups is 14. The molecule has 4 aliphatic heterocycles. The number of nitrogens with one attached hydrogen (secondary N) is 1. The van der Waals surface area contributed by atoms with Gasteiger partial charge in [-0.3, -0.25) is 4.79 Å². The predicted molar refractivity (Wildman–Crippen MR) is 163 cm³/mol. The number of carboxylic acids is 1. The lowest BCUT2D eigenvalue weighted by Crippen LogP contribution is -2.69. The van der Waals surface area contributed by atoms with Gasteiger partial charge >= 0.3 is 5.97 Å². The van der Waals surface area contributed by atoms with E-state index in [0.29, 0.717) is 0 Å². The minimum atomic E-state index is -2.96. The Morgan fingerprint density at radius 2 is 1.33 bits per heavy atom. The van der Waals surface area contributed by atoms with Crippen molar-refractivity contribution >= 4 is 11.9 Å². The van der Waals surface area contributed by atoms with Crippen LogP contribution < -0.4 is 5.32 Å². The summed E-state index contributed by atoms with van der Waals surface area (Å²) in [4.78, 5) is 24.5. The molecule has 0 spiro atoms. The van der Waals surface area contributed by atoms with Crippen LogP contribution in [0.3, 0.4) is 0 Å². The molecular weight excluding hydrogens is 746 g/mol. The Morgan fingerprint density at radius 3 is 1.91 bits per heavy atom. The molecule has 4 saturated heterocycles. The van der Waals surface area contributed by atoms with Crippen molar-refractivity contribution in [1.82, 2.24) is 5.32 Å². The van der Waals surface area contributed by atoms with E-state index in [1.165, 1.54) is 0 Å². The van der Waals surface area contributed by atoms with Crippen molar-refractivity contribution in [3.63, 3.8) is 0 Å². The molecule has 21 atom stereocenters. The van der Waals surface area contributed by atoms with Crippen LogP contribution in [-0.4, -0.2) is 243 Å². The molecule has 0 aromatic rings. The number of rotatable bonds is 14. The van der Waals surface area contributed by atoms with Crippen LogP contribution in [0, 0.1) is 0 Å². The summed E-state index contributed by atoms with van der Waals surface area (Å²) >= 11 is 0. The summed E-state index contributed by atoms with van der Waals surface area (Å²) in [5, 5.41) is 157. The van der Waals surface area contributed by atoms with Crippen molar-refractivity contribution in [2.45, 2.75) is 142 Å². The smallest absolute Gasteiger partial charge is 0.364 e. The van der Waals surface area contributed by atoms with Gasteiger partial charge in [0.1, 0.15) is 91.6 Å². The summed E-state index contributed by atoms with van der Waals surface area (Å²) < 4.78 is 38.3. The highest BCUT2D eigenvalue weighted by molar-refractivity contribution is 5.76. The first-order chi connectivity index (χ1) is 25.3. The summed E-state index contributed by atoms with van der Waals surface area (Å²) in [7, 11) is 0. The first kappa shape index (κ1) is 44.8. The minimum absolute atomic E-state index is 0.769. The number of amides is 1. The first-order valence-corrected chi connectivity index (χ1v) is 16.7. The van der Waals surface area contributed by atoms with E-state index in [1.54, 1.807) is 0 Å². The van der Waals surface area contributed by atoms with Crippen molar-refractivity contribution in [3.05, 3.63) is 0 Å². The van der Waals surface area contributed by atoms with Crippen LogP contribution in [-0.2, 0) is 42.7 Å². The first-order valence-electron chi connectivity index (χ1n) is 16.7. The highest BCUT2D eigenvalue weighted by atomic mass is 16.8. The number of carbonyl (C=O) groups is 2. The summed E-state index contributed by atoms with van der Waals surface area (Å²) in [5.41, 5.74) is 0. The molecule has 0 aromatic carbocycles. The molecule has 4 fully saturated rings. The van der Waals surface area contributed by atoms with E-state index in [1.807, 2.05) is 0 Å². The third-order valence-corrected chi connectivity index (χ3v) is 9.58. The number of carbonyl (C=O) groups excluding carboxylic acids is 1. The number of aliphatic hydroxyl groups excluding tert-OH is 14. The normalized spacial score (nSPS) is 47.1. The summed E-state index contributed by atoms with van der Waals surface area (Å²) in [6.07, 6.45) is -38.2. The van der Waals surface area contributed by atoms with Gasteiger partial charge in [-0.25, -0.2) is 4.79 Å². The van der Waals surface area contributed by atoms with Crippen LogP contribution in [0.5, 0.6) is 0 Å². The molecule has 1 amide bonds. The zero-order valence-corrected chi connectivity index (χ0v) is 28.5. The quantitative estimate of drug-likeness (QED) is 0.0776. The van der Waals surface area contributed by atoms with Gasteiger partial charge in [-0.05, 0) is 0 Å². The Bertz CT molecular complexity index is 1230. The molecule has 54 heavy (non-hydrogen) atoms. The number of hydrogen-bond acceptors (Lipinski definition) is 23. The molecule has 25 nitrogen and oxygen atoms in total. The lowest BCUT2D eigenvalue weighted by molar-refractivity contribution is -0.384. The van der Waals surface area contributed by atoms with E-state index >= 15 is 0 Å². The van der Waals surface area contributed by atoms with E-state index in [-0.39, 0.29) is 0 Å². The minimum Gasteiger partial charge on any atom is -0.477 e. The van der Waals surface area contributed by atoms with Crippen molar-refractivity contribution in [3.8, 4) is 0 Å². The molecule has 0 aromatic heterocycles. The van der Waals surface area contributed by atoms with E-state index in [0.717, 1.165) is 6.92 Å². The van der Waals surface area contributed by atoms with Crippen LogP contribution in [0.2, 0.25) is 0 Å². The SMILES string of the molecule is CC(=O)N[C@H]1[C@H]([C@H](O)[C@H](O)CO)O[C@@](OC[C@H]2O[C@@H](O[C@H]3[C@H](O)[C@@H](O)C(O)O[C@@H]3CO)[C@H](O)[C@@H](O[C@@H]3O[C@H](CO)[C@H](O)[C@H](O)[C@H]3O)[C@H]2O)(C(=O)O)C[C@@H]1O. The third-order valence-electron chi connectivity index (χ3n) is 9.58. The maximum Gasteiger partial charge on any atom is 0.364 e. The molecule has 314 valence electrons. The second kappa shape index (κ2) is 18.6. The van der Waals surface area contributed by atoms with Gasteiger partial charge in [0.25, 0.3) is 5.79 Å². The lowest BCUT2D eigenvalue weighted by atomic mass is 9.88. The fourth-order valence-corrected chi connectivity index (χ4v) is 6.53. The summed E-state index contributed by atoms with van der Waals surface area (Å²) in [6, 6.07) is -1.56. The molecule has 25 heteroatoms. The Morgan fingerprint density at radius 1 is 0.741 bits per heavy atom. The Hall–Kier alpha value is -1.90. The molecule has 4 heterocycles. The van der Waals surface area contributed by atoms with Crippen molar-refractivity contribution in [2.75, 3.05) is 26.4 Å². The van der Waals surface area contributed by atoms with Gasteiger partial charge in [0.2, 0.25) is 5.91 Å². The van der Waals surface area contributed by atoms with Crippen LogP contribution in [0.1, 0.15) is 13.3 Å². The largest absolute Gasteiger partial charge is 0.477 e. The monoisotopic (exact) mass is 795 g/mol. The van der Waals surface area contributed by atoms with E-state index in [2.05, 4.69) is 5.32 Å². The molecule has 4 rings (SSSR count). The van der Waals surface area contributed by atoms with Crippen LogP contribution >= 0.6 is 0 Å². The third kappa shape index (κ3) is 9.28. The predicted octanol–water partition coefficient (Wildman–Crippen LogP) is -10.4. The zero-order chi connectivity index (χ0) is 40.4. The maximum atomic E-state index is 12.7. The van der Waals surface area contributed by atoms with Gasteiger partial charge in [-0.2, -0.15) is 0 Å². The second-order valence-corrected chi connectivity index (χ2v) is 13.3. The Balaban J connectivity index is 1.66. The van der Waals surface area contributed by atoms with Gasteiger partial charge < -0.3 is 115 Å². The van der Waals surface area contributed by atoms with Crippen LogP contribution in [0.25, 0.3) is 0 Å². The fourth-order valence-electron chi connectivity index (χ4n) is 6.53. The maximum absolute atomic E-state index is 12.7. The second-order valence-electron chi connectivity index (χ2n) is 13.3. The molecule has 0 bridgehead atoms. The molecule has 0 radical (unpaired) electrons. The highest BCUT2D eigenvalue weighted by Gasteiger charge is 2.58. The van der Waals surface area contributed by atoms with Crippen LogP contribution in [0.15, 0.2) is 0 Å². The average Bonchev–Trinajstić information content (AvgIpc) is 3.13. The average molecular weight is 796 g/mol. The zero-order valence-electron chi connectivity index (χ0n) is 28.5. The topological polar surface area (TPSA) is 414 Å². The fraction of sp³-hybridized carbons (Fsp3) is 0.931. The molecule has 4 aliphatic rings. The van der Waals surface area contributed by atoms with E-state index in [9.17, 15) is 86.2 Å². The van der Waals surface area contributed by atoms with Crippen molar-refractivity contribution in [1.29, 1.82) is 0 Å². The Labute approximate surface area is 305 Å². The molecule has 1 unspecified atom stereocenters. The van der Waals surface area contributed by atoms with Crippen molar-refractivity contribution < 1.29 is 119 Å². The molecular formula is C29H49NO24. The number of hydrogen-bond donors (Lipinski definition) is 16. The molecule has 0 saturated carbocycles. The standard InChI is InChI=1S/C29H49NO24/c1-7(34)30-13-8(35)2-29(28(46)47,54-23(13)14(37)9(36)3-31)48-6-12-16(39)24(53-26-20(43)17(40)15(38)10(4-32)50-26)21(44)27(51-12)52-22-11(5-33)49-25(45)19(42)18(22)41/h8-27,31-33,35-45H,2-6H2,1H3,(H,30,34)(H,46,47)/t8-,9+,10+,11+,12+,13+,14+,15-,16-,17-,18+,19+,20+,21+,22+,23+,24-,25?,26-,27-,29+/m0/s1. The van der Waals surface area contributed by atoms with Gasteiger partial charge in [0, 0.05) is 13.3 Å². The van der Waals surface area contributed by atoms with Gasteiger partial charge in [0.05, 0.1) is 38.6 Å². The van der Waals surface area contributed by atoms with Gasteiger partial charge in [-0.15, -0.1) is 0 Å². The summed E-state index contributed by atoms with van der Waals surface area (Å²) in [6.45, 7) is -2.99. The molecule has 0 aliphatic carbocycles. The molecule has 16 N–H and O–H groups in total. The lowest BCUT2D eigenvalue weighted by Gasteiger charge is -2.49. The van der Waals surface area contributed by atoms with Gasteiger partial charge in [-0.1, -0.05) is 0 Å². The Kier molecular flexibility index (Phi) is 15.4. The van der Waals surface area contributed by atoms with Gasteiger partial charge in [0.15, 0.2) is 18.9 Å². The van der Waals surface area contributed by atoms with E-state index < -0.39 is 173 Å². The van der Waals surface area contributed by atoms with Crippen LogP contribution in [0.4, 0.5) is 0 Å². The number of aliphatic carboxylic acids is 1. The van der Waals surface area contributed by atoms with E-state index in [4.69, 9.17) is 33.2 Å². The number of carboxylic acid groups (broad SMARTS) is 1. The summed E-state index contributed by atoms with van der Waals surface area (Å²) in [5.74, 6) is -5.69.